The van der Waals surface area contributed by atoms with Crippen molar-refractivity contribution in [2.24, 2.45) is 11.1 Å². The van der Waals surface area contributed by atoms with Crippen LogP contribution in [0.3, 0.4) is 0 Å². The van der Waals surface area contributed by atoms with E-state index in [2.05, 4.69) is 22.9 Å². The summed E-state index contributed by atoms with van der Waals surface area (Å²) in [5.41, 5.74) is 5.78. The number of likely N-dealkylation sites (tertiary alicyclic amines) is 1. The number of carbonyl (C=O) groups is 1. The lowest BCUT2D eigenvalue weighted by molar-refractivity contribution is 0.0772. The minimum absolute atomic E-state index is 0. The highest BCUT2D eigenvalue weighted by Crippen LogP contribution is 2.30. The molecule has 0 radical (unpaired) electrons. The van der Waals surface area contributed by atoms with Crippen molar-refractivity contribution in [2.75, 3.05) is 19.6 Å². The average Bonchev–Trinajstić information content (AvgIpc) is 2.72. The van der Waals surface area contributed by atoms with Crippen LogP contribution in [0.2, 0.25) is 0 Å². The molecular weight excluding hydrogens is 335 g/mol. The van der Waals surface area contributed by atoms with E-state index in [4.69, 9.17) is 5.73 Å². The van der Waals surface area contributed by atoms with Gasteiger partial charge in [-0.25, -0.2) is 4.39 Å². The molecule has 3 nitrogen and oxygen atoms in total. The molecule has 2 N–H and O–H groups in total. The van der Waals surface area contributed by atoms with E-state index in [0.29, 0.717) is 24.1 Å². The summed E-state index contributed by atoms with van der Waals surface area (Å²) in [7, 11) is 0. The van der Waals surface area contributed by atoms with Gasteiger partial charge in [0.2, 0.25) is 0 Å². The lowest BCUT2D eigenvalue weighted by atomic mass is 9.90. The first-order valence-electron chi connectivity index (χ1n) is 5.90. The molecule has 106 valence electrons. The van der Waals surface area contributed by atoms with Gasteiger partial charge >= 0.3 is 0 Å². The summed E-state index contributed by atoms with van der Waals surface area (Å²) >= 11 is 3.18. The van der Waals surface area contributed by atoms with E-state index in [1.807, 2.05) is 0 Å². The predicted octanol–water partition coefficient (Wildman–Crippen LogP) is 2.82. The van der Waals surface area contributed by atoms with Crippen molar-refractivity contribution in [3.8, 4) is 0 Å². The normalized spacial score (nSPS) is 22.2. The molecular formula is C13H17BrClFN2O. The summed E-state index contributed by atoms with van der Waals surface area (Å²) in [5.74, 6) is -0.743. The van der Waals surface area contributed by atoms with Gasteiger partial charge in [0.15, 0.2) is 0 Å². The number of benzene rings is 1. The van der Waals surface area contributed by atoms with Crippen LogP contribution in [0.25, 0.3) is 0 Å². The number of nitrogens with two attached hydrogens (primary N) is 1. The molecule has 0 aliphatic carbocycles. The van der Waals surface area contributed by atoms with Crippen LogP contribution in [0.4, 0.5) is 4.39 Å². The predicted molar refractivity (Wildman–Crippen MR) is 79.0 cm³/mol. The number of carbonyl (C=O) groups excluding carboxylic acids is 1. The smallest absolute Gasteiger partial charge is 0.256 e. The first kappa shape index (κ1) is 16.4. The molecule has 0 bridgehead atoms. The van der Waals surface area contributed by atoms with E-state index in [9.17, 15) is 9.18 Å². The molecule has 1 fully saturated rings. The molecule has 1 unspecified atom stereocenters. The van der Waals surface area contributed by atoms with Crippen molar-refractivity contribution in [1.29, 1.82) is 0 Å². The molecule has 0 saturated carbocycles. The third kappa shape index (κ3) is 3.46. The summed E-state index contributed by atoms with van der Waals surface area (Å²) in [4.78, 5) is 13.9. The fourth-order valence-electron chi connectivity index (χ4n) is 2.20. The maximum Gasteiger partial charge on any atom is 0.256 e. The van der Waals surface area contributed by atoms with Gasteiger partial charge in [-0.15, -0.1) is 12.4 Å². The highest BCUT2D eigenvalue weighted by Gasteiger charge is 2.35. The van der Waals surface area contributed by atoms with Crippen LogP contribution in [0.5, 0.6) is 0 Å². The molecule has 0 spiro atoms. The average molecular weight is 352 g/mol. The minimum atomic E-state index is -0.490. The van der Waals surface area contributed by atoms with E-state index < -0.39 is 5.82 Å². The summed E-state index contributed by atoms with van der Waals surface area (Å²) in [6.07, 6.45) is 0.868. The zero-order valence-corrected chi connectivity index (χ0v) is 13.1. The van der Waals surface area contributed by atoms with Crippen LogP contribution < -0.4 is 5.73 Å². The van der Waals surface area contributed by atoms with E-state index in [1.54, 1.807) is 11.0 Å². The summed E-state index contributed by atoms with van der Waals surface area (Å²) < 4.78 is 14.4. The Morgan fingerprint density at radius 1 is 1.58 bits per heavy atom. The van der Waals surface area contributed by atoms with Gasteiger partial charge in [0, 0.05) is 17.6 Å². The molecule has 1 saturated heterocycles. The Morgan fingerprint density at radius 2 is 2.26 bits per heavy atom. The number of hydrogen-bond acceptors (Lipinski definition) is 2. The number of nitrogens with zero attached hydrogens (tertiary/aromatic N) is 1. The molecule has 6 heteroatoms. The number of halogens is 3. The molecule has 1 aromatic rings. The molecule has 1 heterocycles. The van der Waals surface area contributed by atoms with Crippen LogP contribution in [0.1, 0.15) is 23.7 Å². The maximum absolute atomic E-state index is 13.7. The number of amides is 1. The Kier molecular flexibility index (Phi) is 5.35. The van der Waals surface area contributed by atoms with Crippen molar-refractivity contribution in [3.63, 3.8) is 0 Å². The Morgan fingerprint density at radius 3 is 2.79 bits per heavy atom. The quantitative estimate of drug-likeness (QED) is 0.890. The first-order valence-corrected chi connectivity index (χ1v) is 6.69. The van der Waals surface area contributed by atoms with E-state index in [0.717, 1.165) is 6.42 Å². The zero-order valence-electron chi connectivity index (χ0n) is 10.7. The van der Waals surface area contributed by atoms with Gasteiger partial charge in [-0.05, 0) is 36.6 Å². The second-order valence-electron chi connectivity index (χ2n) is 5.12. The topological polar surface area (TPSA) is 46.3 Å². The molecule has 2 rings (SSSR count). The van der Waals surface area contributed by atoms with Gasteiger partial charge in [0.1, 0.15) is 5.82 Å². The Hall–Kier alpha value is -0.650. The summed E-state index contributed by atoms with van der Waals surface area (Å²) in [6.45, 7) is 3.83. The SMILES string of the molecule is CC1(CN)CCN(C(=O)c2ccc(Br)cc2F)C1.Cl. The van der Waals surface area contributed by atoms with Crippen LogP contribution >= 0.6 is 28.3 Å². The Balaban J connectivity index is 0.00000180. The van der Waals surface area contributed by atoms with Crippen LogP contribution in [-0.4, -0.2) is 30.4 Å². The second kappa shape index (κ2) is 6.20. The third-order valence-electron chi connectivity index (χ3n) is 3.50. The lowest BCUT2D eigenvalue weighted by Crippen LogP contribution is -2.34. The summed E-state index contributed by atoms with van der Waals surface area (Å²) in [5, 5.41) is 0. The van der Waals surface area contributed by atoms with Gasteiger partial charge in [0.05, 0.1) is 5.56 Å². The van der Waals surface area contributed by atoms with Gasteiger partial charge < -0.3 is 10.6 Å². The molecule has 1 atom stereocenters. The Labute approximate surface area is 126 Å². The Bertz CT molecular complexity index is 486. The molecule has 1 aliphatic rings. The highest BCUT2D eigenvalue weighted by molar-refractivity contribution is 9.10. The van der Waals surface area contributed by atoms with Crippen molar-refractivity contribution >= 4 is 34.2 Å². The first-order chi connectivity index (χ1) is 8.45. The third-order valence-corrected chi connectivity index (χ3v) is 3.99. The zero-order chi connectivity index (χ0) is 13.3. The van der Waals surface area contributed by atoms with E-state index >= 15 is 0 Å². The van der Waals surface area contributed by atoms with Gasteiger partial charge in [-0.3, -0.25) is 4.79 Å². The molecule has 19 heavy (non-hydrogen) atoms. The van der Waals surface area contributed by atoms with Gasteiger partial charge in [0.25, 0.3) is 5.91 Å². The van der Waals surface area contributed by atoms with E-state index in [1.165, 1.54) is 12.1 Å². The summed E-state index contributed by atoms with van der Waals surface area (Å²) in [6, 6.07) is 4.50. The van der Waals surface area contributed by atoms with Crippen LogP contribution in [-0.2, 0) is 0 Å². The monoisotopic (exact) mass is 350 g/mol. The second-order valence-corrected chi connectivity index (χ2v) is 6.03. The standard InChI is InChI=1S/C13H16BrFN2O.ClH/c1-13(7-16)4-5-17(8-13)12(18)10-3-2-9(14)6-11(10)15;/h2-3,6H,4-5,7-8,16H2,1H3;1H. The van der Waals surface area contributed by atoms with Crippen molar-refractivity contribution in [3.05, 3.63) is 34.1 Å². The van der Waals surface area contributed by atoms with Crippen molar-refractivity contribution in [2.45, 2.75) is 13.3 Å². The van der Waals surface area contributed by atoms with Crippen LogP contribution in [0, 0.1) is 11.2 Å². The molecule has 1 amide bonds. The largest absolute Gasteiger partial charge is 0.338 e. The molecule has 1 aromatic carbocycles. The minimum Gasteiger partial charge on any atom is -0.338 e. The van der Waals surface area contributed by atoms with Gasteiger partial charge in [-0.2, -0.15) is 0 Å². The fourth-order valence-corrected chi connectivity index (χ4v) is 2.53. The van der Waals surface area contributed by atoms with Crippen molar-refractivity contribution in [1.82, 2.24) is 4.90 Å². The van der Waals surface area contributed by atoms with E-state index in [-0.39, 0.29) is 29.3 Å². The number of hydrogen-bond donors (Lipinski definition) is 1. The number of rotatable bonds is 2. The molecule has 0 aromatic heterocycles. The molecule has 1 aliphatic heterocycles. The highest BCUT2D eigenvalue weighted by atomic mass is 79.9. The maximum atomic E-state index is 13.7. The van der Waals surface area contributed by atoms with Crippen molar-refractivity contribution < 1.29 is 9.18 Å². The van der Waals surface area contributed by atoms with Gasteiger partial charge in [-0.1, -0.05) is 22.9 Å². The fraction of sp³-hybridized carbons (Fsp3) is 0.462. The van der Waals surface area contributed by atoms with Crippen LogP contribution in [0.15, 0.2) is 22.7 Å². The lowest BCUT2D eigenvalue weighted by Gasteiger charge is -2.22.